The molecule has 1 aliphatic rings. The maximum atomic E-state index is 12.2. The number of hydrogen-bond donors (Lipinski definition) is 2. The summed E-state index contributed by atoms with van der Waals surface area (Å²) < 4.78 is 0. The molecule has 2 N–H and O–H groups in total. The first-order valence-electron chi connectivity index (χ1n) is 8.15. The molecule has 2 aromatic rings. The summed E-state index contributed by atoms with van der Waals surface area (Å²) in [5.74, 6) is -1.11. The molecule has 0 spiro atoms. The van der Waals surface area contributed by atoms with E-state index in [0.717, 1.165) is 41.4 Å². The molecule has 0 fully saturated rings. The summed E-state index contributed by atoms with van der Waals surface area (Å²) in [6.45, 7) is 3.56. The fraction of sp³-hybridized carbons (Fsp3) is 0.444. The third kappa shape index (κ3) is 2.60. The van der Waals surface area contributed by atoms with Gasteiger partial charge in [-0.05, 0) is 18.1 Å². The summed E-state index contributed by atoms with van der Waals surface area (Å²) >= 11 is 0. The molecule has 2 atom stereocenters. The van der Waals surface area contributed by atoms with Crippen LogP contribution in [0.15, 0.2) is 24.3 Å². The largest absolute Gasteiger partial charge is 0.480 e. The molecule has 0 bridgehead atoms. The molecular formula is C18H22N2O3. The number of amides is 1. The second kappa shape index (κ2) is 6.07. The highest BCUT2D eigenvalue weighted by atomic mass is 16.4. The Morgan fingerprint density at radius 2 is 2.09 bits per heavy atom. The molecule has 23 heavy (non-hydrogen) atoms. The van der Waals surface area contributed by atoms with Crippen molar-refractivity contribution in [2.24, 2.45) is 0 Å². The fourth-order valence-electron chi connectivity index (χ4n) is 3.70. The molecular weight excluding hydrogens is 292 g/mol. The van der Waals surface area contributed by atoms with Crippen molar-refractivity contribution >= 4 is 22.8 Å². The number of nitrogens with zero attached hydrogens (tertiary/aromatic N) is 1. The Morgan fingerprint density at radius 1 is 1.35 bits per heavy atom. The Hall–Kier alpha value is -2.30. The zero-order valence-corrected chi connectivity index (χ0v) is 13.5. The van der Waals surface area contributed by atoms with Gasteiger partial charge in [-0.2, -0.15) is 0 Å². The Bertz CT molecular complexity index is 750. The number of carboxylic acid groups (broad SMARTS) is 1. The molecule has 0 saturated carbocycles. The number of H-pyrrole nitrogens is 1. The molecule has 0 unspecified atom stereocenters. The third-order valence-corrected chi connectivity index (χ3v) is 4.73. The predicted octanol–water partition coefficient (Wildman–Crippen LogP) is 3.26. The van der Waals surface area contributed by atoms with Crippen LogP contribution in [-0.2, 0) is 16.0 Å². The van der Waals surface area contributed by atoms with Gasteiger partial charge in [0.05, 0.1) is 6.04 Å². The van der Waals surface area contributed by atoms with E-state index in [1.54, 1.807) is 4.90 Å². The number of hydrogen-bond acceptors (Lipinski definition) is 2. The van der Waals surface area contributed by atoms with Gasteiger partial charge < -0.3 is 15.0 Å². The topological polar surface area (TPSA) is 73.4 Å². The van der Waals surface area contributed by atoms with Crippen molar-refractivity contribution in [1.29, 1.82) is 0 Å². The molecule has 1 aromatic heterocycles. The lowest BCUT2D eigenvalue weighted by atomic mass is 9.89. The van der Waals surface area contributed by atoms with Crippen LogP contribution in [0.4, 0.5) is 0 Å². The Balaban J connectivity index is 2.16. The zero-order valence-electron chi connectivity index (χ0n) is 13.5. The molecule has 3 rings (SSSR count). The van der Waals surface area contributed by atoms with E-state index in [2.05, 4.69) is 11.9 Å². The van der Waals surface area contributed by atoms with E-state index in [1.165, 1.54) is 6.92 Å². The maximum absolute atomic E-state index is 12.2. The van der Waals surface area contributed by atoms with Gasteiger partial charge in [-0.15, -0.1) is 0 Å². The van der Waals surface area contributed by atoms with Gasteiger partial charge in [-0.3, -0.25) is 4.79 Å². The predicted molar refractivity (Wildman–Crippen MR) is 88.2 cm³/mol. The minimum atomic E-state index is -0.933. The minimum absolute atomic E-state index is 0.178. The van der Waals surface area contributed by atoms with Crippen molar-refractivity contribution in [2.45, 2.75) is 51.6 Å². The van der Waals surface area contributed by atoms with Gasteiger partial charge in [0.1, 0.15) is 6.04 Å². The van der Waals surface area contributed by atoms with Crippen LogP contribution in [0.3, 0.4) is 0 Å². The van der Waals surface area contributed by atoms with E-state index in [-0.39, 0.29) is 11.9 Å². The van der Waals surface area contributed by atoms with Gasteiger partial charge in [-0.25, -0.2) is 4.79 Å². The monoisotopic (exact) mass is 314 g/mol. The standard InChI is InChI=1S/C18H22N2O3/c1-3-4-9-15-17-13(12-7-5-6-8-14(12)19-17)10-16(18(22)23)20(15)11(2)21/h5-8,15-16,19H,3-4,9-10H2,1-2H3,(H,22,23)/t15-,16-/m1/s1. The van der Waals surface area contributed by atoms with Crippen molar-refractivity contribution in [3.05, 3.63) is 35.5 Å². The van der Waals surface area contributed by atoms with Crippen LogP contribution in [0, 0.1) is 0 Å². The first-order valence-corrected chi connectivity index (χ1v) is 8.15. The van der Waals surface area contributed by atoms with Crippen molar-refractivity contribution in [1.82, 2.24) is 9.88 Å². The zero-order chi connectivity index (χ0) is 16.6. The number of rotatable bonds is 4. The fourth-order valence-corrected chi connectivity index (χ4v) is 3.70. The van der Waals surface area contributed by atoms with Crippen LogP contribution >= 0.6 is 0 Å². The number of para-hydroxylation sites is 1. The highest BCUT2D eigenvalue weighted by Crippen LogP contribution is 2.39. The van der Waals surface area contributed by atoms with Crippen LogP contribution in [0.2, 0.25) is 0 Å². The van der Waals surface area contributed by atoms with E-state index < -0.39 is 12.0 Å². The molecule has 5 heteroatoms. The molecule has 2 heterocycles. The van der Waals surface area contributed by atoms with Crippen LogP contribution in [0.5, 0.6) is 0 Å². The van der Waals surface area contributed by atoms with Gasteiger partial charge in [0.25, 0.3) is 0 Å². The van der Waals surface area contributed by atoms with Gasteiger partial charge in [0.2, 0.25) is 5.91 Å². The summed E-state index contributed by atoms with van der Waals surface area (Å²) in [4.78, 5) is 28.9. The van der Waals surface area contributed by atoms with Gasteiger partial charge in [0.15, 0.2) is 0 Å². The Kier molecular flexibility index (Phi) is 4.11. The summed E-state index contributed by atoms with van der Waals surface area (Å²) in [5, 5.41) is 10.7. The number of carboxylic acids is 1. The third-order valence-electron chi connectivity index (χ3n) is 4.73. The maximum Gasteiger partial charge on any atom is 0.326 e. The van der Waals surface area contributed by atoms with E-state index in [9.17, 15) is 14.7 Å². The van der Waals surface area contributed by atoms with Crippen LogP contribution < -0.4 is 0 Å². The first-order chi connectivity index (χ1) is 11.0. The first kappa shape index (κ1) is 15.6. The van der Waals surface area contributed by atoms with Gasteiger partial charge >= 0.3 is 5.97 Å². The Labute approximate surface area is 135 Å². The SMILES string of the molecule is CCCC[C@@H]1c2[nH]c3ccccc3c2C[C@H](C(=O)O)N1C(C)=O. The molecule has 122 valence electrons. The van der Waals surface area contributed by atoms with Crippen molar-refractivity contribution in [3.63, 3.8) is 0 Å². The van der Waals surface area contributed by atoms with E-state index in [0.29, 0.717) is 6.42 Å². The quantitative estimate of drug-likeness (QED) is 0.909. The summed E-state index contributed by atoms with van der Waals surface area (Å²) in [6, 6.07) is 6.96. The van der Waals surface area contributed by atoms with Gasteiger partial charge in [-0.1, -0.05) is 38.0 Å². The Morgan fingerprint density at radius 3 is 2.74 bits per heavy atom. The second-order valence-electron chi connectivity index (χ2n) is 6.21. The molecule has 1 aromatic carbocycles. The average molecular weight is 314 g/mol. The second-order valence-corrected chi connectivity index (χ2v) is 6.21. The number of benzene rings is 1. The normalized spacial score (nSPS) is 20.5. The summed E-state index contributed by atoms with van der Waals surface area (Å²) in [7, 11) is 0. The number of carbonyl (C=O) groups excluding carboxylic acids is 1. The number of aromatic nitrogens is 1. The number of nitrogens with one attached hydrogen (secondary N) is 1. The molecule has 1 aliphatic heterocycles. The number of unbranched alkanes of at least 4 members (excludes halogenated alkanes) is 1. The number of aromatic amines is 1. The molecule has 1 amide bonds. The lowest BCUT2D eigenvalue weighted by Gasteiger charge is -2.39. The molecule has 0 saturated heterocycles. The molecule has 0 aliphatic carbocycles. The van der Waals surface area contributed by atoms with Crippen molar-refractivity contribution < 1.29 is 14.7 Å². The van der Waals surface area contributed by atoms with E-state index in [4.69, 9.17) is 0 Å². The summed E-state index contributed by atoms with van der Waals surface area (Å²) in [6.07, 6.45) is 3.10. The van der Waals surface area contributed by atoms with Crippen molar-refractivity contribution in [3.8, 4) is 0 Å². The number of fused-ring (bicyclic) bond motifs is 3. The summed E-state index contributed by atoms with van der Waals surface area (Å²) in [5.41, 5.74) is 3.06. The smallest absolute Gasteiger partial charge is 0.326 e. The van der Waals surface area contributed by atoms with E-state index in [1.807, 2.05) is 24.3 Å². The molecule has 5 nitrogen and oxygen atoms in total. The van der Waals surface area contributed by atoms with Crippen LogP contribution in [0.1, 0.15) is 50.4 Å². The van der Waals surface area contributed by atoms with E-state index >= 15 is 0 Å². The average Bonchev–Trinajstić information content (AvgIpc) is 2.90. The molecule has 0 radical (unpaired) electrons. The lowest BCUT2D eigenvalue weighted by molar-refractivity contribution is -0.152. The highest BCUT2D eigenvalue weighted by molar-refractivity contribution is 5.89. The highest BCUT2D eigenvalue weighted by Gasteiger charge is 2.41. The lowest BCUT2D eigenvalue weighted by Crippen LogP contribution is -2.50. The number of carbonyl (C=O) groups is 2. The minimum Gasteiger partial charge on any atom is -0.480 e. The van der Waals surface area contributed by atoms with Crippen LogP contribution in [0.25, 0.3) is 10.9 Å². The number of aliphatic carboxylic acids is 1. The van der Waals surface area contributed by atoms with Crippen LogP contribution in [-0.4, -0.2) is 32.9 Å². The van der Waals surface area contributed by atoms with Crippen molar-refractivity contribution in [2.75, 3.05) is 0 Å². The van der Waals surface area contributed by atoms with Gasteiger partial charge in [0, 0.05) is 29.9 Å².